The number of amides is 1. The highest BCUT2D eigenvalue weighted by atomic mass is 32.2. The smallest absolute Gasteiger partial charge is 0.255 e. The lowest BCUT2D eigenvalue weighted by Gasteiger charge is -2.29. The van der Waals surface area contributed by atoms with Crippen molar-refractivity contribution in [3.63, 3.8) is 0 Å². The van der Waals surface area contributed by atoms with Crippen LogP contribution in [0.4, 0.5) is 5.69 Å². The fourth-order valence-corrected chi connectivity index (χ4v) is 4.31. The monoisotopic (exact) mass is 360 g/mol. The molecule has 25 heavy (non-hydrogen) atoms. The molecular weight excluding hydrogens is 340 g/mol. The maximum atomic E-state index is 12.6. The van der Waals surface area contributed by atoms with E-state index in [9.17, 15) is 18.3 Å². The summed E-state index contributed by atoms with van der Waals surface area (Å²) in [5.41, 5.74) is 1.05. The number of aliphatic hydroxyl groups excluding tert-OH is 1. The maximum Gasteiger partial charge on any atom is 0.255 e. The Morgan fingerprint density at radius 3 is 2.40 bits per heavy atom. The highest BCUT2D eigenvalue weighted by molar-refractivity contribution is 7.89. The van der Waals surface area contributed by atoms with Crippen LogP contribution in [0.25, 0.3) is 0 Å². The van der Waals surface area contributed by atoms with Gasteiger partial charge in [0.2, 0.25) is 10.0 Å². The Labute approximate surface area is 147 Å². The Morgan fingerprint density at radius 1 is 1.08 bits per heavy atom. The first-order chi connectivity index (χ1) is 12.0. The minimum absolute atomic E-state index is 0.110. The van der Waals surface area contributed by atoms with E-state index in [2.05, 4.69) is 5.32 Å². The van der Waals surface area contributed by atoms with Gasteiger partial charge < -0.3 is 10.4 Å². The predicted octanol–water partition coefficient (Wildman–Crippen LogP) is 2.08. The summed E-state index contributed by atoms with van der Waals surface area (Å²) in [6.45, 7) is 0.508. The quantitative estimate of drug-likeness (QED) is 0.874. The number of carbonyl (C=O) groups excluding carboxylic acids is 1. The largest absolute Gasteiger partial charge is 0.392 e. The molecule has 132 valence electrons. The van der Waals surface area contributed by atoms with Crippen LogP contribution in [0, 0.1) is 0 Å². The van der Waals surface area contributed by atoms with Crippen LogP contribution in [0.3, 0.4) is 0 Å². The van der Waals surface area contributed by atoms with E-state index in [0.29, 0.717) is 30.6 Å². The van der Waals surface area contributed by atoms with Crippen LogP contribution in [0.1, 0.15) is 23.2 Å². The van der Waals surface area contributed by atoms with Crippen molar-refractivity contribution in [3.05, 3.63) is 60.2 Å². The van der Waals surface area contributed by atoms with Gasteiger partial charge >= 0.3 is 0 Å². The number of piperidine rings is 1. The predicted molar refractivity (Wildman–Crippen MR) is 94.8 cm³/mol. The number of hydrogen-bond donors (Lipinski definition) is 2. The van der Waals surface area contributed by atoms with Crippen molar-refractivity contribution in [2.45, 2.75) is 23.8 Å². The lowest BCUT2D eigenvalue weighted by Crippen LogP contribution is -2.42. The molecule has 7 heteroatoms. The van der Waals surface area contributed by atoms with Crippen molar-refractivity contribution in [1.29, 1.82) is 0 Å². The average Bonchev–Trinajstić information content (AvgIpc) is 2.62. The highest BCUT2D eigenvalue weighted by Gasteiger charge is 2.29. The van der Waals surface area contributed by atoms with E-state index in [1.165, 1.54) is 28.6 Å². The minimum Gasteiger partial charge on any atom is -0.392 e. The maximum absolute atomic E-state index is 12.6. The van der Waals surface area contributed by atoms with E-state index >= 15 is 0 Å². The van der Waals surface area contributed by atoms with Crippen molar-refractivity contribution in [1.82, 2.24) is 4.31 Å². The van der Waals surface area contributed by atoms with E-state index < -0.39 is 16.1 Å². The molecule has 6 nitrogen and oxygen atoms in total. The van der Waals surface area contributed by atoms with Gasteiger partial charge in [0, 0.05) is 24.3 Å². The Kier molecular flexibility index (Phi) is 5.17. The summed E-state index contributed by atoms with van der Waals surface area (Å²) in [6.07, 6.45) is 0.627. The van der Waals surface area contributed by atoms with E-state index in [-0.39, 0.29) is 17.3 Å². The lowest BCUT2D eigenvalue weighted by molar-refractivity contribution is 0.102. The van der Waals surface area contributed by atoms with Crippen LogP contribution >= 0.6 is 0 Å². The third-order valence-corrected chi connectivity index (χ3v) is 6.02. The molecule has 1 amide bonds. The van der Waals surface area contributed by atoms with Gasteiger partial charge in [-0.1, -0.05) is 18.2 Å². The Bertz CT molecular complexity index is 835. The van der Waals surface area contributed by atoms with Gasteiger partial charge in [0.25, 0.3) is 5.91 Å². The van der Waals surface area contributed by atoms with Gasteiger partial charge in [0.1, 0.15) is 0 Å². The summed E-state index contributed by atoms with van der Waals surface area (Å²) < 4.78 is 26.5. The van der Waals surface area contributed by atoms with Gasteiger partial charge in [-0.05, 0) is 49.2 Å². The zero-order valence-corrected chi connectivity index (χ0v) is 14.4. The molecule has 1 fully saturated rings. The normalized spacial score (nSPS) is 18.7. The molecule has 0 aromatic heterocycles. The number of hydrogen-bond acceptors (Lipinski definition) is 4. The number of nitrogens with one attached hydrogen (secondary N) is 1. The van der Waals surface area contributed by atoms with Crippen LogP contribution in [0.2, 0.25) is 0 Å². The fourth-order valence-electron chi connectivity index (χ4n) is 2.79. The summed E-state index contributed by atoms with van der Waals surface area (Å²) >= 11 is 0. The lowest BCUT2D eigenvalue weighted by atomic mass is 10.1. The van der Waals surface area contributed by atoms with Crippen molar-refractivity contribution < 1.29 is 18.3 Å². The van der Waals surface area contributed by atoms with Gasteiger partial charge in [0.05, 0.1) is 11.0 Å². The second-order valence-electron chi connectivity index (χ2n) is 6.00. The Morgan fingerprint density at radius 2 is 1.76 bits per heavy atom. The Balaban J connectivity index is 1.74. The first-order valence-electron chi connectivity index (χ1n) is 8.11. The van der Waals surface area contributed by atoms with Crippen LogP contribution in [0.5, 0.6) is 0 Å². The number of anilines is 1. The SMILES string of the molecule is O=C(Nc1ccccc1)c1ccc(S(=O)(=O)N2CCC[C@@H](O)C2)cc1. The number of β-amino-alcohol motifs (C(OH)–C–C–N with tert-alkyl or cyclic N) is 1. The number of nitrogens with zero attached hydrogens (tertiary/aromatic N) is 1. The first-order valence-corrected chi connectivity index (χ1v) is 9.55. The molecule has 0 saturated carbocycles. The molecule has 3 rings (SSSR count). The molecule has 1 saturated heterocycles. The van der Waals surface area contributed by atoms with Crippen molar-refractivity contribution in [2.75, 3.05) is 18.4 Å². The summed E-state index contributed by atoms with van der Waals surface area (Å²) in [6, 6.07) is 14.9. The van der Waals surface area contributed by atoms with E-state index in [1.54, 1.807) is 12.1 Å². The molecule has 2 aromatic carbocycles. The molecule has 0 unspecified atom stereocenters. The molecular formula is C18H20N2O4S. The van der Waals surface area contributed by atoms with Crippen LogP contribution in [0.15, 0.2) is 59.5 Å². The van der Waals surface area contributed by atoms with Gasteiger partial charge in [-0.25, -0.2) is 8.42 Å². The van der Waals surface area contributed by atoms with Gasteiger partial charge in [-0.15, -0.1) is 0 Å². The zero-order valence-electron chi connectivity index (χ0n) is 13.6. The molecule has 0 aliphatic carbocycles. The van der Waals surface area contributed by atoms with Gasteiger partial charge in [-0.2, -0.15) is 4.31 Å². The summed E-state index contributed by atoms with van der Waals surface area (Å²) in [4.78, 5) is 12.3. The Hall–Kier alpha value is -2.22. The molecule has 1 heterocycles. The minimum atomic E-state index is -3.65. The van der Waals surface area contributed by atoms with Gasteiger partial charge in [-0.3, -0.25) is 4.79 Å². The molecule has 2 aromatic rings. The number of aliphatic hydroxyl groups is 1. The third-order valence-electron chi connectivity index (χ3n) is 4.15. The number of para-hydroxylation sites is 1. The molecule has 0 bridgehead atoms. The highest BCUT2D eigenvalue weighted by Crippen LogP contribution is 2.21. The first kappa shape index (κ1) is 17.6. The second-order valence-corrected chi connectivity index (χ2v) is 7.94. The molecule has 0 spiro atoms. The van der Waals surface area contributed by atoms with Gasteiger partial charge in [0.15, 0.2) is 0 Å². The summed E-state index contributed by atoms with van der Waals surface area (Å²) in [7, 11) is -3.65. The van der Waals surface area contributed by atoms with E-state index in [0.717, 1.165) is 0 Å². The summed E-state index contributed by atoms with van der Waals surface area (Å²) in [5.74, 6) is -0.302. The summed E-state index contributed by atoms with van der Waals surface area (Å²) in [5, 5.41) is 12.4. The third kappa shape index (κ3) is 4.07. The van der Waals surface area contributed by atoms with Crippen LogP contribution in [-0.4, -0.2) is 42.9 Å². The van der Waals surface area contributed by atoms with Crippen molar-refractivity contribution in [2.24, 2.45) is 0 Å². The second kappa shape index (κ2) is 7.35. The molecule has 2 N–H and O–H groups in total. The average molecular weight is 360 g/mol. The van der Waals surface area contributed by atoms with E-state index in [4.69, 9.17) is 0 Å². The van der Waals surface area contributed by atoms with E-state index in [1.807, 2.05) is 18.2 Å². The standard InChI is InChI=1S/C18H20N2O4S/c21-16-7-4-12-20(13-16)25(23,24)17-10-8-14(9-11-17)18(22)19-15-5-2-1-3-6-15/h1-3,5-6,8-11,16,21H,4,7,12-13H2,(H,19,22)/t16-/m1/s1. The number of rotatable bonds is 4. The topological polar surface area (TPSA) is 86.7 Å². The number of sulfonamides is 1. The number of benzene rings is 2. The van der Waals surface area contributed by atoms with Crippen molar-refractivity contribution >= 4 is 21.6 Å². The molecule has 1 atom stereocenters. The molecule has 1 aliphatic rings. The van der Waals surface area contributed by atoms with Crippen LogP contribution in [-0.2, 0) is 10.0 Å². The zero-order chi connectivity index (χ0) is 17.9. The fraction of sp³-hybridized carbons (Fsp3) is 0.278. The van der Waals surface area contributed by atoms with Crippen molar-refractivity contribution in [3.8, 4) is 0 Å². The molecule has 0 radical (unpaired) electrons. The number of carbonyl (C=O) groups is 1. The molecule has 1 aliphatic heterocycles. The van der Waals surface area contributed by atoms with Crippen LogP contribution < -0.4 is 5.32 Å².